The van der Waals surface area contributed by atoms with E-state index in [0.717, 1.165) is 11.5 Å². The van der Waals surface area contributed by atoms with Gasteiger partial charge in [0.05, 0.1) is 13.2 Å². The first-order valence-corrected chi connectivity index (χ1v) is 7.54. The Morgan fingerprint density at radius 1 is 0.700 bits per heavy atom. The number of rotatable bonds is 6. The average molecular weight is 355 g/mol. The molecule has 0 unspecified atom stereocenters. The minimum atomic E-state index is 0. The number of hydrogen-bond acceptors (Lipinski definition) is 2. The van der Waals surface area contributed by atoms with E-state index in [1.807, 2.05) is 38.1 Å². The zero-order valence-electron chi connectivity index (χ0n) is 11.8. The van der Waals surface area contributed by atoms with Crippen molar-refractivity contribution in [1.29, 1.82) is 0 Å². The normalized spacial score (nSPS) is 9.70. The summed E-state index contributed by atoms with van der Waals surface area (Å²) in [5.74, 6) is 1.87. The number of halogens is 1. The Kier molecular flexibility index (Phi) is 7.64. The molecule has 108 valence electrons. The van der Waals surface area contributed by atoms with E-state index >= 15 is 0 Å². The third kappa shape index (κ3) is 5.15. The molecule has 0 aliphatic rings. The van der Waals surface area contributed by atoms with Crippen LogP contribution in [0.1, 0.15) is 13.8 Å². The maximum Gasteiger partial charge on any atom is 0.119 e. The Morgan fingerprint density at radius 3 is 1.35 bits per heavy atom. The zero-order valence-corrected chi connectivity index (χ0v) is 14.5. The lowest BCUT2D eigenvalue weighted by Gasteiger charge is -2.07. The van der Waals surface area contributed by atoms with E-state index in [-0.39, 0.29) is 17.0 Å². The molecule has 2 aromatic rings. The summed E-state index contributed by atoms with van der Waals surface area (Å²) in [6, 6.07) is 16.6. The molecule has 2 nitrogen and oxygen atoms in total. The molecule has 0 bridgehead atoms. The average Bonchev–Trinajstić information content (AvgIpc) is 2.44. The Morgan fingerprint density at radius 2 is 1.05 bits per heavy atom. The molecule has 2 aromatic carbocycles. The number of benzene rings is 2. The van der Waals surface area contributed by atoms with Crippen LogP contribution in [0.4, 0.5) is 0 Å². The molecule has 0 saturated heterocycles. The fourth-order valence-electron chi connectivity index (χ4n) is 1.77. The predicted molar refractivity (Wildman–Crippen MR) is 93.1 cm³/mol. The third-order valence-electron chi connectivity index (χ3n) is 2.62. The highest BCUT2D eigenvalue weighted by Gasteiger charge is 1.98. The van der Waals surface area contributed by atoms with Crippen molar-refractivity contribution in [2.45, 2.75) is 13.8 Å². The molecule has 0 fully saturated rings. The number of ether oxygens (including phenoxy) is 2. The standard InChI is InChI=1S/C16H19O2P.BrH/c1-3-17-13-5-9-15(10-6-13)19-16-11-7-14(8-12-16)18-4-2;/h5-12,19H,3-4H2,1-2H3;1H. The lowest BCUT2D eigenvalue weighted by atomic mass is 10.3. The van der Waals surface area contributed by atoms with Gasteiger partial charge in [-0.05, 0) is 48.7 Å². The molecule has 0 aliphatic carbocycles. The van der Waals surface area contributed by atoms with E-state index in [1.54, 1.807) is 0 Å². The van der Waals surface area contributed by atoms with Crippen molar-refractivity contribution >= 4 is 36.2 Å². The monoisotopic (exact) mass is 354 g/mol. The summed E-state index contributed by atoms with van der Waals surface area (Å²) in [5.41, 5.74) is 0. The van der Waals surface area contributed by atoms with Crippen molar-refractivity contribution in [3.05, 3.63) is 48.5 Å². The van der Waals surface area contributed by atoms with Gasteiger partial charge >= 0.3 is 0 Å². The van der Waals surface area contributed by atoms with Gasteiger partial charge in [-0.3, -0.25) is 0 Å². The SMILES string of the molecule is Br.CCOc1ccc(Pc2ccc(OCC)cc2)cc1. The molecule has 0 N–H and O–H groups in total. The van der Waals surface area contributed by atoms with Gasteiger partial charge in [-0.15, -0.1) is 17.0 Å². The van der Waals surface area contributed by atoms with Crippen LogP contribution in [-0.2, 0) is 0 Å². The summed E-state index contributed by atoms with van der Waals surface area (Å²) < 4.78 is 10.9. The fraction of sp³-hybridized carbons (Fsp3) is 0.250. The molecule has 0 aromatic heterocycles. The first-order valence-electron chi connectivity index (χ1n) is 6.54. The van der Waals surface area contributed by atoms with Crippen LogP contribution in [0, 0.1) is 0 Å². The van der Waals surface area contributed by atoms with Crippen LogP contribution in [0.25, 0.3) is 0 Å². The predicted octanol–water partition coefficient (Wildman–Crippen LogP) is 3.69. The highest BCUT2D eigenvalue weighted by atomic mass is 79.9. The van der Waals surface area contributed by atoms with Crippen molar-refractivity contribution in [1.82, 2.24) is 0 Å². The first-order chi connectivity index (χ1) is 9.31. The second-order valence-electron chi connectivity index (χ2n) is 4.04. The molecule has 0 heterocycles. The molecule has 0 atom stereocenters. The smallest absolute Gasteiger partial charge is 0.119 e. The van der Waals surface area contributed by atoms with Gasteiger partial charge in [0.1, 0.15) is 11.5 Å². The van der Waals surface area contributed by atoms with Gasteiger partial charge in [0.2, 0.25) is 0 Å². The second-order valence-corrected chi connectivity index (χ2v) is 5.44. The van der Waals surface area contributed by atoms with Gasteiger partial charge in [-0.25, -0.2) is 0 Å². The van der Waals surface area contributed by atoms with Crippen LogP contribution in [0.5, 0.6) is 11.5 Å². The van der Waals surface area contributed by atoms with Gasteiger partial charge in [0.15, 0.2) is 0 Å². The van der Waals surface area contributed by atoms with E-state index in [0.29, 0.717) is 21.8 Å². The summed E-state index contributed by atoms with van der Waals surface area (Å²) in [6.07, 6.45) is 0. The second kappa shape index (κ2) is 8.99. The maximum absolute atomic E-state index is 5.44. The van der Waals surface area contributed by atoms with E-state index in [9.17, 15) is 0 Å². The minimum absolute atomic E-state index is 0. The largest absolute Gasteiger partial charge is 0.494 e. The topological polar surface area (TPSA) is 18.5 Å². The maximum atomic E-state index is 5.44. The summed E-state index contributed by atoms with van der Waals surface area (Å²) in [4.78, 5) is 0. The number of hydrogen-bond donors (Lipinski definition) is 0. The molecule has 0 aliphatic heterocycles. The van der Waals surface area contributed by atoms with Gasteiger partial charge in [-0.2, -0.15) is 0 Å². The molecule has 0 amide bonds. The highest BCUT2D eigenvalue weighted by Crippen LogP contribution is 2.16. The van der Waals surface area contributed by atoms with E-state index in [1.165, 1.54) is 10.6 Å². The molecule has 0 spiro atoms. The molecular formula is C16H20BrO2P. The Balaban J connectivity index is 0.00000200. The summed E-state index contributed by atoms with van der Waals surface area (Å²) in [5, 5.41) is 2.63. The van der Waals surface area contributed by atoms with Crippen LogP contribution in [0.15, 0.2) is 48.5 Å². The molecule has 20 heavy (non-hydrogen) atoms. The van der Waals surface area contributed by atoms with Crippen molar-refractivity contribution in [2.75, 3.05) is 13.2 Å². The van der Waals surface area contributed by atoms with Gasteiger partial charge < -0.3 is 9.47 Å². The lowest BCUT2D eigenvalue weighted by molar-refractivity contribution is 0.340. The molecule has 0 radical (unpaired) electrons. The van der Waals surface area contributed by atoms with Crippen LogP contribution in [0.3, 0.4) is 0 Å². The van der Waals surface area contributed by atoms with Crippen LogP contribution in [-0.4, -0.2) is 13.2 Å². The van der Waals surface area contributed by atoms with Crippen LogP contribution in [0.2, 0.25) is 0 Å². The molecular weight excluding hydrogens is 335 g/mol. The quantitative estimate of drug-likeness (QED) is 0.736. The van der Waals surface area contributed by atoms with Gasteiger partial charge in [0, 0.05) is 0 Å². The lowest BCUT2D eigenvalue weighted by Crippen LogP contribution is -2.03. The molecule has 0 saturated carbocycles. The van der Waals surface area contributed by atoms with Crippen molar-refractivity contribution in [3.8, 4) is 11.5 Å². The van der Waals surface area contributed by atoms with Gasteiger partial charge in [-0.1, -0.05) is 32.8 Å². The molecule has 4 heteroatoms. The summed E-state index contributed by atoms with van der Waals surface area (Å²) >= 11 is 0. The Bertz CT molecular complexity index is 449. The Hall–Kier alpha value is -1.05. The molecule has 2 rings (SSSR count). The van der Waals surface area contributed by atoms with Crippen LogP contribution < -0.4 is 20.1 Å². The zero-order chi connectivity index (χ0) is 13.5. The summed E-state index contributed by atoms with van der Waals surface area (Å²) in [7, 11) is 0.662. The van der Waals surface area contributed by atoms with E-state index in [4.69, 9.17) is 9.47 Å². The van der Waals surface area contributed by atoms with Gasteiger partial charge in [0.25, 0.3) is 0 Å². The third-order valence-corrected chi connectivity index (χ3v) is 3.86. The van der Waals surface area contributed by atoms with Crippen molar-refractivity contribution in [2.24, 2.45) is 0 Å². The Labute approximate surface area is 133 Å². The van der Waals surface area contributed by atoms with E-state index in [2.05, 4.69) is 24.3 Å². The van der Waals surface area contributed by atoms with E-state index < -0.39 is 0 Å². The first kappa shape index (κ1) is 17.0. The fourth-order valence-corrected chi connectivity index (χ4v) is 2.77. The minimum Gasteiger partial charge on any atom is -0.494 e. The summed E-state index contributed by atoms with van der Waals surface area (Å²) in [6.45, 7) is 5.41. The van der Waals surface area contributed by atoms with Crippen molar-refractivity contribution < 1.29 is 9.47 Å². The van der Waals surface area contributed by atoms with Crippen molar-refractivity contribution in [3.63, 3.8) is 0 Å². The highest BCUT2D eigenvalue weighted by molar-refractivity contribution is 8.93. The van der Waals surface area contributed by atoms with Crippen LogP contribution >= 0.6 is 25.6 Å².